The molecule has 0 aliphatic carbocycles. The molecular formula is C26H31NO6. The number of hydrogen-bond acceptors (Lipinski definition) is 6. The summed E-state index contributed by atoms with van der Waals surface area (Å²) in [7, 11) is 0. The van der Waals surface area contributed by atoms with Gasteiger partial charge < -0.3 is 24.4 Å². The summed E-state index contributed by atoms with van der Waals surface area (Å²) in [4.78, 5) is 13.1. The van der Waals surface area contributed by atoms with Gasteiger partial charge in [-0.1, -0.05) is 24.3 Å². The lowest BCUT2D eigenvalue weighted by atomic mass is 9.70. The van der Waals surface area contributed by atoms with Crippen molar-refractivity contribution >= 4 is 5.97 Å². The Morgan fingerprint density at radius 1 is 1.21 bits per heavy atom. The summed E-state index contributed by atoms with van der Waals surface area (Å²) in [6.07, 6.45) is 2.15. The largest absolute Gasteiger partial charge is 0.504 e. The monoisotopic (exact) mass is 453 g/mol. The summed E-state index contributed by atoms with van der Waals surface area (Å²) in [5, 5.41) is 19.1. The van der Waals surface area contributed by atoms with Gasteiger partial charge in [-0.05, 0) is 56.4 Å². The number of nitrogens with zero attached hydrogens (tertiary/aromatic N) is 1. The van der Waals surface area contributed by atoms with Crippen molar-refractivity contribution in [3.05, 3.63) is 53.6 Å². The molecular weight excluding hydrogens is 422 g/mol. The molecule has 2 fully saturated rings. The van der Waals surface area contributed by atoms with Gasteiger partial charge in [-0.15, -0.1) is 0 Å². The Hall–Kier alpha value is -2.77. The van der Waals surface area contributed by atoms with Gasteiger partial charge in [-0.2, -0.15) is 0 Å². The fourth-order valence-electron chi connectivity index (χ4n) is 5.62. The number of piperidine rings is 1. The fourth-order valence-corrected chi connectivity index (χ4v) is 5.62. The summed E-state index contributed by atoms with van der Waals surface area (Å²) >= 11 is 0. The molecule has 2 aromatic carbocycles. The predicted molar refractivity (Wildman–Crippen MR) is 121 cm³/mol. The second-order valence-corrected chi connectivity index (χ2v) is 9.95. The lowest BCUT2D eigenvalue weighted by Gasteiger charge is -2.53. The van der Waals surface area contributed by atoms with E-state index in [4.69, 9.17) is 19.3 Å². The van der Waals surface area contributed by atoms with E-state index in [-0.39, 0.29) is 30.5 Å². The van der Waals surface area contributed by atoms with Gasteiger partial charge in [0, 0.05) is 31.1 Å². The maximum atomic E-state index is 10.7. The number of carboxylic acid groups (broad SMARTS) is 1. The van der Waals surface area contributed by atoms with E-state index in [0.29, 0.717) is 17.4 Å². The van der Waals surface area contributed by atoms with Crippen LogP contribution in [0.3, 0.4) is 0 Å². The van der Waals surface area contributed by atoms with E-state index in [9.17, 15) is 9.90 Å². The smallest absolute Gasteiger partial charge is 0.341 e. The highest BCUT2D eigenvalue weighted by Gasteiger charge is 2.51. The van der Waals surface area contributed by atoms with Crippen LogP contribution in [0.1, 0.15) is 43.9 Å². The molecule has 4 atom stereocenters. The Bertz CT molecular complexity index is 1020. The van der Waals surface area contributed by atoms with E-state index in [1.807, 2.05) is 36.4 Å². The average molecular weight is 454 g/mol. The normalized spacial score (nSPS) is 28.1. The summed E-state index contributed by atoms with van der Waals surface area (Å²) in [5.41, 5.74) is 1.72. The molecule has 5 rings (SSSR count). The van der Waals surface area contributed by atoms with Gasteiger partial charge in [-0.3, -0.25) is 4.90 Å². The zero-order chi connectivity index (χ0) is 23.2. The van der Waals surface area contributed by atoms with Crippen LogP contribution in [0.4, 0.5) is 0 Å². The fraction of sp³-hybridized carbons (Fsp3) is 0.500. The third-order valence-corrected chi connectivity index (χ3v) is 7.27. The highest BCUT2D eigenvalue weighted by molar-refractivity contribution is 5.68. The van der Waals surface area contributed by atoms with E-state index in [2.05, 4.69) is 18.7 Å². The first kappa shape index (κ1) is 22.0. The van der Waals surface area contributed by atoms with Crippen molar-refractivity contribution in [2.45, 2.75) is 51.0 Å². The zero-order valence-corrected chi connectivity index (χ0v) is 19.1. The Balaban J connectivity index is 1.25. The number of fused-ring (bicyclic) bond motifs is 4. The number of carbonyl (C=O) groups is 1. The number of para-hydroxylation sites is 1. The number of phenolic OH excluding ortho intramolecular Hbond substituents is 1. The van der Waals surface area contributed by atoms with Crippen molar-refractivity contribution in [2.24, 2.45) is 11.8 Å². The molecule has 3 aliphatic rings. The van der Waals surface area contributed by atoms with Crippen molar-refractivity contribution in [1.29, 1.82) is 0 Å². The van der Waals surface area contributed by atoms with Crippen LogP contribution >= 0.6 is 0 Å². The second kappa shape index (κ2) is 8.54. The maximum absolute atomic E-state index is 10.7. The average Bonchev–Trinajstić information content (AvgIpc) is 2.78. The summed E-state index contributed by atoms with van der Waals surface area (Å²) in [6.45, 7) is 6.63. The molecule has 3 heterocycles. The molecule has 0 bridgehead atoms. The molecule has 2 N–H and O–H groups in total. The first-order chi connectivity index (χ1) is 15.8. The third-order valence-electron chi connectivity index (χ3n) is 7.27. The van der Waals surface area contributed by atoms with Crippen LogP contribution in [0.5, 0.6) is 17.2 Å². The van der Waals surface area contributed by atoms with Crippen molar-refractivity contribution in [1.82, 2.24) is 4.90 Å². The molecule has 0 unspecified atom stereocenters. The lowest BCUT2D eigenvalue weighted by molar-refractivity contribution is -0.188. The number of carboxylic acids is 1. The van der Waals surface area contributed by atoms with E-state index < -0.39 is 11.6 Å². The molecule has 0 aromatic heterocycles. The van der Waals surface area contributed by atoms with Gasteiger partial charge in [-0.25, -0.2) is 4.79 Å². The van der Waals surface area contributed by atoms with Crippen molar-refractivity contribution in [3.8, 4) is 17.2 Å². The molecule has 7 nitrogen and oxygen atoms in total. The molecule has 0 spiro atoms. The Morgan fingerprint density at radius 2 is 2.00 bits per heavy atom. The number of benzene rings is 2. The minimum absolute atomic E-state index is 0.0537. The van der Waals surface area contributed by atoms with Crippen LogP contribution in [-0.4, -0.2) is 52.5 Å². The van der Waals surface area contributed by atoms with E-state index in [1.54, 1.807) is 6.07 Å². The molecule has 7 heteroatoms. The SMILES string of the molecule is CC1(C)Oc2c(O)cccc2[C@H]2O[C@H]3CCN(Cc4ccc(OCC(=O)O)cc4)C[C@H]3C[C@@H]21. The zero-order valence-electron chi connectivity index (χ0n) is 19.1. The van der Waals surface area contributed by atoms with Gasteiger partial charge in [0.1, 0.15) is 11.4 Å². The lowest BCUT2D eigenvalue weighted by Crippen LogP contribution is -2.55. The Labute approximate surface area is 193 Å². The van der Waals surface area contributed by atoms with E-state index >= 15 is 0 Å². The molecule has 2 aromatic rings. The Morgan fingerprint density at radius 3 is 2.76 bits per heavy atom. The van der Waals surface area contributed by atoms with Crippen LogP contribution in [0, 0.1) is 11.8 Å². The number of hydrogen-bond donors (Lipinski definition) is 2. The van der Waals surface area contributed by atoms with Gasteiger partial charge in [0.15, 0.2) is 18.1 Å². The first-order valence-electron chi connectivity index (χ1n) is 11.6. The van der Waals surface area contributed by atoms with Crippen LogP contribution in [0.25, 0.3) is 0 Å². The molecule has 0 amide bonds. The second-order valence-electron chi connectivity index (χ2n) is 9.95. The highest BCUT2D eigenvalue weighted by Crippen LogP contribution is 2.54. The van der Waals surface area contributed by atoms with Gasteiger partial charge in [0.05, 0.1) is 12.2 Å². The minimum atomic E-state index is -0.981. The van der Waals surface area contributed by atoms with E-state index in [1.165, 1.54) is 5.56 Å². The topological polar surface area (TPSA) is 88.5 Å². The van der Waals surface area contributed by atoms with Gasteiger partial charge in [0.25, 0.3) is 0 Å². The molecule has 2 saturated heterocycles. The molecule has 176 valence electrons. The number of rotatable bonds is 5. The minimum Gasteiger partial charge on any atom is -0.504 e. The van der Waals surface area contributed by atoms with Crippen molar-refractivity contribution in [3.63, 3.8) is 0 Å². The number of aliphatic carboxylic acids is 1. The number of ether oxygens (including phenoxy) is 3. The van der Waals surface area contributed by atoms with E-state index in [0.717, 1.165) is 38.0 Å². The van der Waals surface area contributed by atoms with Gasteiger partial charge >= 0.3 is 5.97 Å². The van der Waals surface area contributed by atoms with Crippen molar-refractivity contribution in [2.75, 3.05) is 19.7 Å². The van der Waals surface area contributed by atoms with Crippen LogP contribution in [0.15, 0.2) is 42.5 Å². The predicted octanol–water partition coefficient (Wildman–Crippen LogP) is 3.99. The van der Waals surface area contributed by atoms with Crippen LogP contribution in [-0.2, 0) is 16.1 Å². The summed E-state index contributed by atoms with van der Waals surface area (Å²) in [6, 6.07) is 13.2. The van der Waals surface area contributed by atoms with Crippen molar-refractivity contribution < 1.29 is 29.2 Å². The molecule has 3 aliphatic heterocycles. The molecule has 0 radical (unpaired) electrons. The Kier molecular flexibility index (Phi) is 5.70. The molecule has 0 saturated carbocycles. The van der Waals surface area contributed by atoms with Crippen LogP contribution < -0.4 is 9.47 Å². The number of phenols is 1. The third kappa shape index (κ3) is 4.39. The van der Waals surface area contributed by atoms with Crippen LogP contribution in [0.2, 0.25) is 0 Å². The quantitative estimate of drug-likeness (QED) is 0.708. The maximum Gasteiger partial charge on any atom is 0.341 e. The standard InChI is InChI=1S/C26H31NO6/c1-26(2)20-12-17-14-27(13-16-6-8-18(9-7-16)31-15-23(29)30)11-10-22(17)32-24(20)19-4-3-5-21(28)25(19)33-26/h3-9,17,20,22,24,28H,10-15H2,1-2H3,(H,29,30)/t17-,20+,22+,24-/m1/s1. The first-order valence-corrected chi connectivity index (χ1v) is 11.6. The number of likely N-dealkylation sites (tertiary alicyclic amines) is 1. The highest BCUT2D eigenvalue weighted by atomic mass is 16.5. The summed E-state index contributed by atoms with van der Waals surface area (Å²) < 4.78 is 18.2. The molecule has 33 heavy (non-hydrogen) atoms. The number of aromatic hydroxyl groups is 1. The summed E-state index contributed by atoms with van der Waals surface area (Å²) in [5.74, 6) is 0.982. The van der Waals surface area contributed by atoms with Gasteiger partial charge in [0.2, 0.25) is 0 Å².